The molecule has 0 saturated heterocycles. The fourth-order valence-electron chi connectivity index (χ4n) is 1.99. The van der Waals surface area contributed by atoms with Gasteiger partial charge in [-0.1, -0.05) is 19.1 Å². The molecule has 0 saturated carbocycles. The van der Waals surface area contributed by atoms with E-state index in [4.69, 9.17) is 0 Å². The number of rotatable bonds is 6. The van der Waals surface area contributed by atoms with Gasteiger partial charge in [0.25, 0.3) is 0 Å². The van der Waals surface area contributed by atoms with Crippen molar-refractivity contribution in [3.8, 4) is 0 Å². The van der Waals surface area contributed by atoms with Crippen molar-refractivity contribution < 1.29 is 4.39 Å². The molecule has 0 bridgehead atoms. The third-order valence-corrected chi connectivity index (χ3v) is 3.00. The van der Waals surface area contributed by atoms with Gasteiger partial charge in [0.1, 0.15) is 5.82 Å². The van der Waals surface area contributed by atoms with Crippen LogP contribution in [0, 0.1) is 5.82 Å². The van der Waals surface area contributed by atoms with Crippen LogP contribution < -0.4 is 5.32 Å². The Bertz CT molecular complexity index is 485. The van der Waals surface area contributed by atoms with Crippen LogP contribution in [0.4, 0.5) is 4.39 Å². The summed E-state index contributed by atoms with van der Waals surface area (Å²) in [4.78, 5) is 0. The Morgan fingerprint density at radius 2 is 1.95 bits per heavy atom. The van der Waals surface area contributed by atoms with Gasteiger partial charge in [-0.2, -0.15) is 10.2 Å². The molecule has 1 unspecified atom stereocenters. The van der Waals surface area contributed by atoms with Crippen molar-refractivity contribution in [2.75, 3.05) is 6.54 Å². The average molecular weight is 259 g/mol. The van der Waals surface area contributed by atoms with Gasteiger partial charge in [-0.3, -0.25) is 0 Å². The summed E-state index contributed by atoms with van der Waals surface area (Å²) in [7, 11) is 0. The van der Waals surface area contributed by atoms with Crippen LogP contribution >= 0.6 is 0 Å². The molecule has 0 spiro atoms. The Kier molecular flexibility index (Phi) is 4.98. The van der Waals surface area contributed by atoms with Gasteiger partial charge in [-0.05, 0) is 48.7 Å². The van der Waals surface area contributed by atoms with Crippen LogP contribution in [0.2, 0.25) is 0 Å². The van der Waals surface area contributed by atoms with E-state index in [-0.39, 0.29) is 11.9 Å². The SMILES string of the molecule is CCCNC(Cc1ccc(F)cc1)c1ccnnc1. The molecular formula is C15H18FN3. The Morgan fingerprint density at radius 1 is 1.16 bits per heavy atom. The van der Waals surface area contributed by atoms with Gasteiger partial charge in [0.05, 0.1) is 6.20 Å². The van der Waals surface area contributed by atoms with Crippen LogP contribution in [0.25, 0.3) is 0 Å². The smallest absolute Gasteiger partial charge is 0.123 e. The summed E-state index contributed by atoms with van der Waals surface area (Å²) in [5.74, 6) is -0.201. The lowest BCUT2D eigenvalue weighted by atomic mass is 10.0. The van der Waals surface area contributed by atoms with E-state index >= 15 is 0 Å². The lowest BCUT2D eigenvalue weighted by Crippen LogP contribution is -2.24. The fraction of sp³-hybridized carbons (Fsp3) is 0.333. The van der Waals surface area contributed by atoms with Gasteiger partial charge in [0.2, 0.25) is 0 Å². The minimum Gasteiger partial charge on any atom is -0.310 e. The maximum Gasteiger partial charge on any atom is 0.123 e. The van der Waals surface area contributed by atoms with Crippen LogP contribution in [-0.2, 0) is 6.42 Å². The number of nitrogens with zero attached hydrogens (tertiary/aromatic N) is 2. The predicted octanol–water partition coefficient (Wildman–Crippen LogP) is 2.90. The van der Waals surface area contributed by atoms with Gasteiger partial charge in [0.15, 0.2) is 0 Å². The highest BCUT2D eigenvalue weighted by Crippen LogP contribution is 2.17. The monoisotopic (exact) mass is 259 g/mol. The summed E-state index contributed by atoms with van der Waals surface area (Å²) in [5.41, 5.74) is 2.21. The fourth-order valence-corrected chi connectivity index (χ4v) is 1.99. The highest BCUT2D eigenvalue weighted by molar-refractivity contribution is 5.21. The van der Waals surface area contributed by atoms with E-state index in [9.17, 15) is 4.39 Å². The van der Waals surface area contributed by atoms with Gasteiger partial charge in [0, 0.05) is 12.2 Å². The maximum atomic E-state index is 12.9. The molecule has 2 rings (SSSR count). The first-order valence-electron chi connectivity index (χ1n) is 6.54. The molecule has 1 heterocycles. The molecule has 0 aliphatic carbocycles. The van der Waals surface area contributed by atoms with E-state index in [1.54, 1.807) is 12.4 Å². The molecule has 100 valence electrons. The normalized spacial score (nSPS) is 12.3. The molecule has 2 aromatic rings. The summed E-state index contributed by atoms with van der Waals surface area (Å²) >= 11 is 0. The molecule has 1 aromatic heterocycles. The van der Waals surface area contributed by atoms with Gasteiger partial charge in [-0.15, -0.1) is 0 Å². The Labute approximate surface area is 112 Å². The second-order valence-corrected chi connectivity index (χ2v) is 4.51. The molecule has 0 fully saturated rings. The third-order valence-electron chi connectivity index (χ3n) is 3.00. The highest BCUT2D eigenvalue weighted by Gasteiger charge is 2.11. The van der Waals surface area contributed by atoms with Gasteiger partial charge < -0.3 is 5.32 Å². The lowest BCUT2D eigenvalue weighted by molar-refractivity contribution is 0.526. The summed E-state index contributed by atoms with van der Waals surface area (Å²) in [6.07, 6.45) is 5.35. The van der Waals surface area contributed by atoms with E-state index in [0.717, 1.165) is 30.5 Å². The number of nitrogens with one attached hydrogen (secondary N) is 1. The zero-order valence-electron chi connectivity index (χ0n) is 11.0. The zero-order valence-corrected chi connectivity index (χ0v) is 11.0. The Balaban J connectivity index is 2.11. The first kappa shape index (κ1) is 13.6. The van der Waals surface area contributed by atoms with Crippen LogP contribution in [-0.4, -0.2) is 16.7 Å². The molecule has 0 aliphatic heterocycles. The van der Waals surface area contributed by atoms with E-state index in [2.05, 4.69) is 22.4 Å². The molecule has 0 amide bonds. The van der Waals surface area contributed by atoms with E-state index in [1.165, 1.54) is 12.1 Å². The van der Waals surface area contributed by atoms with E-state index in [0.29, 0.717) is 0 Å². The zero-order chi connectivity index (χ0) is 13.5. The van der Waals surface area contributed by atoms with E-state index in [1.807, 2.05) is 18.2 Å². The number of hydrogen-bond donors (Lipinski definition) is 1. The standard InChI is InChI=1S/C15H18FN3/c1-2-8-17-15(13-7-9-18-19-11-13)10-12-3-5-14(16)6-4-12/h3-7,9,11,15,17H,2,8,10H2,1H3. The minimum atomic E-state index is -0.201. The lowest BCUT2D eigenvalue weighted by Gasteiger charge is -2.18. The number of benzene rings is 1. The third kappa shape index (κ3) is 4.10. The van der Waals surface area contributed by atoms with E-state index < -0.39 is 0 Å². The van der Waals surface area contributed by atoms with Gasteiger partial charge >= 0.3 is 0 Å². The number of hydrogen-bond acceptors (Lipinski definition) is 3. The first-order valence-corrected chi connectivity index (χ1v) is 6.54. The molecule has 1 aromatic carbocycles. The van der Waals surface area contributed by atoms with Gasteiger partial charge in [-0.25, -0.2) is 4.39 Å². The van der Waals surface area contributed by atoms with Crippen LogP contribution in [0.5, 0.6) is 0 Å². The molecular weight excluding hydrogens is 241 g/mol. The molecule has 1 N–H and O–H groups in total. The first-order chi connectivity index (χ1) is 9.29. The quantitative estimate of drug-likeness (QED) is 0.866. The molecule has 1 atom stereocenters. The Hall–Kier alpha value is -1.81. The highest BCUT2D eigenvalue weighted by atomic mass is 19.1. The summed E-state index contributed by atoms with van der Waals surface area (Å²) in [6.45, 7) is 3.07. The van der Waals surface area contributed by atoms with Crippen LogP contribution in [0.1, 0.15) is 30.5 Å². The molecule has 0 radical (unpaired) electrons. The van der Waals surface area contributed by atoms with Crippen molar-refractivity contribution in [2.45, 2.75) is 25.8 Å². The summed E-state index contributed by atoms with van der Waals surface area (Å²) < 4.78 is 12.9. The van der Waals surface area contributed by atoms with Crippen molar-refractivity contribution in [3.63, 3.8) is 0 Å². The van der Waals surface area contributed by atoms with Crippen molar-refractivity contribution in [3.05, 3.63) is 59.7 Å². The predicted molar refractivity (Wildman–Crippen MR) is 73.2 cm³/mol. The topological polar surface area (TPSA) is 37.8 Å². The number of halogens is 1. The number of aromatic nitrogens is 2. The summed E-state index contributed by atoms with van der Waals surface area (Å²) in [6, 6.07) is 8.79. The van der Waals surface area contributed by atoms with Crippen LogP contribution in [0.3, 0.4) is 0 Å². The van der Waals surface area contributed by atoms with Crippen molar-refractivity contribution in [1.82, 2.24) is 15.5 Å². The summed E-state index contributed by atoms with van der Waals surface area (Å²) in [5, 5.41) is 11.2. The second kappa shape index (κ2) is 6.95. The van der Waals surface area contributed by atoms with Crippen molar-refractivity contribution in [2.24, 2.45) is 0 Å². The maximum absolute atomic E-state index is 12.9. The Morgan fingerprint density at radius 3 is 2.58 bits per heavy atom. The van der Waals surface area contributed by atoms with Crippen LogP contribution in [0.15, 0.2) is 42.7 Å². The van der Waals surface area contributed by atoms with Crippen molar-refractivity contribution >= 4 is 0 Å². The largest absolute Gasteiger partial charge is 0.310 e. The molecule has 19 heavy (non-hydrogen) atoms. The molecule has 0 aliphatic rings. The molecule has 4 heteroatoms. The second-order valence-electron chi connectivity index (χ2n) is 4.51. The minimum absolute atomic E-state index is 0.181. The molecule has 3 nitrogen and oxygen atoms in total. The van der Waals surface area contributed by atoms with Crippen molar-refractivity contribution in [1.29, 1.82) is 0 Å². The average Bonchev–Trinajstić information content (AvgIpc) is 2.46.